The Morgan fingerprint density at radius 2 is 2.21 bits per heavy atom. The molecule has 1 saturated heterocycles. The summed E-state index contributed by atoms with van der Waals surface area (Å²) in [4.78, 5) is 13.7. The second-order valence-electron chi connectivity index (χ2n) is 4.72. The van der Waals surface area contributed by atoms with Gasteiger partial charge in [0.05, 0.1) is 0 Å². The number of nitrogens with zero attached hydrogens (tertiary/aromatic N) is 1. The molecule has 1 saturated carbocycles. The number of amides is 1. The maximum absolute atomic E-state index is 11.7. The van der Waals surface area contributed by atoms with E-state index in [9.17, 15) is 4.79 Å². The zero-order chi connectivity index (χ0) is 9.97. The van der Waals surface area contributed by atoms with Crippen LogP contribution in [0.2, 0.25) is 0 Å². The van der Waals surface area contributed by atoms with Crippen molar-refractivity contribution < 1.29 is 4.79 Å². The van der Waals surface area contributed by atoms with Gasteiger partial charge < -0.3 is 10.2 Å². The Morgan fingerprint density at radius 1 is 1.43 bits per heavy atom. The van der Waals surface area contributed by atoms with Crippen molar-refractivity contribution in [2.45, 2.75) is 38.1 Å². The van der Waals surface area contributed by atoms with Gasteiger partial charge in [0, 0.05) is 26.1 Å². The molecule has 3 nitrogen and oxygen atoms in total. The summed E-state index contributed by atoms with van der Waals surface area (Å²) < 4.78 is 0. The molecule has 3 heteroatoms. The van der Waals surface area contributed by atoms with Crippen LogP contribution in [0, 0.1) is 5.92 Å². The molecule has 80 valence electrons. The lowest BCUT2D eigenvalue weighted by atomic mass is 10.1. The van der Waals surface area contributed by atoms with Crippen molar-refractivity contribution in [2.75, 3.05) is 20.1 Å². The van der Waals surface area contributed by atoms with Crippen LogP contribution in [0.1, 0.15) is 32.1 Å². The van der Waals surface area contributed by atoms with E-state index in [1.165, 1.54) is 25.7 Å². The Bertz CT molecular complexity index is 207. The van der Waals surface area contributed by atoms with Crippen molar-refractivity contribution in [3.8, 4) is 0 Å². The van der Waals surface area contributed by atoms with Gasteiger partial charge >= 0.3 is 0 Å². The third kappa shape index (κ3) is 2.71. The molecule has 1 heterocycles. The minimum Gasteiger partial charge on any atom is -0.345 e. The molecule has 1 aliphatic carbocycles. The van der Waals surface area contributed by atoms with Gasteiger partial charge in [-0.3, -0.25) is 4.79 Å². The van der Waals surface area contributed by atoms with Crippen LogP contribution in [0.4, 0.5) is 0 Å². The molecule has 0 aromatic rings. The molecule has 0 aromatic carbocycles. The predicted molar refractivity (Wildman–Crippen MR) is 56.0 cm³/mol. The van der Waals surface area contributed by atoms with Gasteiger partial charge in [0.15, 0.2) is 0 Å². The van der Waals surface area contributed by atoms with Crippen molar-refractivity contribution in [1.29, 1.82) is 0 Å². The van der Waals surface area contributed by atoms with E-state index in [0.29, 0.717) is 18.4 Å². The largest absolute Gasteiger partial charge is 0.345 e. The van der Waals surface area contributed by atoms with E-state index in [1.54, 1.807) is 0 Å². The van der Waals surface area contributed by atoms with Crippen LogP contribution in [0.3, 0.4) is 0 Å². The fraction of sp³-hybridized carbons (Fsp3) is 0.909. The average Bonchev–Trinajstić information content (AvgIpc) is 2.81. The van der Waals surface area contributed by atoms with E-state index < -0.39 is 0 Å². The molecule has 1 aliphatic heterocycles. The van der Waals surface area contributed by atoms with Crippen molar-refractivity contribution in [3.05, 3.63) is 0 Å². The molecule has 0 aromatic heterocycles. The number of nitrogens with one attached hydrogen (secondary N) is 1. The molecule has 0 spiro atoms. The third-order valence-electron chi connectivity index (χ3n) is 3.24. The SMILES string of the molecule is CN(CC1CC1)C(=O)CC1CCCN1. The molecule has 1 unspecified atom stereocenters. The minimum absolute atomic E-state index is 0.316. The molecule has 14 heavy (non-hydrogen) atoms. The average molecular weight is 196 g/mol. The number of carbonyl (C=O) groups is 1. The van der Waals surface area contributed by atoms with Gasteiger partial charge in [-0.15, -0.1) is 0 Å². The summed E-state index contributed by atoms with van der Waals surface area (Å²) >= 11 is 0. The molecule has 0 bridgehead atoms. The maximum Gasteiger partial charge on any atom is 0.223 e. The summed E-state index contributed by atoms with van der Waals surface area (Å²) in [5.74, 6) is 1.12. The second-order valence-corrected chi connectivity index (χ2v) is 4.72. The van der Waals surface area contributed by atoms with Gasteiger partial charge in [-0.1, -0.05) is 0 Å². The molecule has 2 fully saturated rings. The first kappa shape index (κ1) is 9.97. The highest BCUT2D eigenvalue weighted by molar-refractivity contribution is 5.76. The Balaban J connectivity index is 1.69. The van der Waals surface area contributed by atoms with E-state index in [2.05, 4.69) is 5.32 Å². The summed E-state index contributed by atoms with van der Waals surface area (Å²) in [5, 5.41) is 3.36. The van der Waals surface area contributed by atoms with E-state index in [0.717, 1.165) is 19.0 Å². The Labute approximate surface area is 85.8 Å². The van der Waals surface area contributed by atoms with Crippen LogP contribution < -0.4 is 5.32 Å². The fourth-order valence-corrected chi connectivity index (χ4v) is 2.09. The normalized spacial score (nSPS) is 26.5. The standard InChI is InChI=1S/C11H20N2O/c1-13(8-9-4-5-9)11(14)7-10-3-2-6-12-10/h9-10,12H,2-8H2,1H3. The summed E-state index contributed by atoms with van der Waals surface area (Å²) in [6.07, 6.45) is 5.73. The lowest BCUT2D eigenvalue weighted by Crippen LogP contribution is -2.34. The topological polar surface area (TPSA) is 32.3 Å². The van der Waals surface area contributed by atoms with Gasteiger partial charge in [0.25, 0.3) is 0 Å². The Morgan fingerprint density at radius 3 is 2.79 bits per heavy atom. The van der Waals surface area contributed by atoms with Crippen molar-refractivity contribution in [2.24, 2.45) is 5.92 Å². The molecule has 2 rings (SSSR count). The zero-order valence-electron chi connectivity index (χ0n) is 8.96. The molecular weight excluding hydrogens is 176 g/mol. The lowest BCUT2D eigenvalue weighted by molar-refractivity contribution is -0.130. The second kappa shape index (κ2) is 4.30. The smallest absolute Gasteiger partial charge is 0.223 e. The number of carbonyl (C=O) groups excluding carboxylic acids is 1. The van der Waals surface area contributed by atoms with Gasteiger partial charge in [-0.05, 0) is 38.1 Å². The monoisotopic (exact) mass is 196 g/mol. The highest BCUT2D eigenvalue weighted by Gasteiger charge is 2.26. The van der Waals surface area contributed by atoms with Crippen LogP contribution in [-0.4, -0.2) is 37.0 Å². The van der Waals surface area contributed by atoms with E-state index in [-0.39, 0.29) is 0 Å². The van der Waals surface area contributed by atoms with Crippen LogP contribution in [0.5, 0.6) is 0 Å². The van der Waals surface area contributed by atoms with Crippen LogP contribution in [-0.2, 0) is 4.79 Å². The van der Waals surface area contributed by atoms with Crippen molar-refractivity contribution in [3.63, 3.8) is 0 Å². The quantitative estimate of drug-likeness (QED) is 0.727. The molecule has 1 N–H and O–H groups in total. The Kier molecular flexibility index (Phi) is 3.06. The van der Waals surface area contributed by atoms with E-state index in [4.69, 9.17) is 0 Å². The van der Waals surface area contributed by atoms with E-state index in [1.807, 2.05) is 11.9 Å². The van der Waals surface area contributed by atoms with Gasteiger partial charge in [0.2, 0.25) is 5.91 Å². The van der Waals surface area contributed by atoms with Crippen LogP contribution in [0.25, 0.3) is 0 Å². The summed E-state index contributed by atoms with van der Waals surface area (Å²) in [6, 6.07) is 0.448. The molecule has 1 atom stereocenters. The molecular formula is C11H20N2O. The summed E-state index contributed by atoms with van der Waals surface area (Å²) in [5.41, 5.74) is 0. The van der Waals surface area contributed by atoms with Gasteiger partial charge in [-0.2, -0.15) is 0 Å². The van der Waals surface area contributed by atoms with Crippen molar-refractivity contribution in [1.82, 2.24) is 10.2 Å². The minimum atomic E-state index is 0.316. The summed E-state index contributed by atoms with van der Waals surface area (Å²) in [7, 11) is 1.94. The highest BCUT2D eigenvalue weighted by Crippen LogP contribution is 2.29. The maximum atomic E-state index is 11.7. The van der Waals surface area contributed by atoms with E-state index >= 15 is 0 Å². The van der Waals surface area contributed by atoms with Crippen molar-refractivity contribution >= 4 is 5.91 Å². The predicted octanol–water partition coefficient (Wildman–Crippen LogP) is 0.997. The molecule has 0 radical (unpaired) electrons. The van der Waals surface area contributed by atoms with Gasteiger partial charge in [0.1, 0.15) is 0 Å². The molecule has 1 amide bonds. The highest BCUT2D eigenvalue weighted by atomic mass is 16.2. The summed E-state index contributed by atoms with van der Waals surface area (Å²) in [6.45, 7) is 2.07. The first-order valence-corrected chi connectivity index (χ1v) is 5.73. The third-order valence-corrected chi connectivity index (χ3v) is 3.24. The first-order chi connectivity index (χ1) is 6.75. The number of rotatable bonds is 4. The van der Waals surface area contributed by atoms with Gasteiger partial charge in [-0.25, -0.2) is 0 Å². The number of hydrogen-bond acceptors (Lipinski definition) is 2. The first-order valence-electron chi connectivity index (χ1n) is 5.73. The van der Waals surface area contributed by atoms with Crippen LogP contribution >= 0.6 is 0 Å². The number of hydrogen-bond donors (Lipinski definition) is 1. The zero-order valence-corrected chi connectivity index (χ0v) is 8.96. The lowest BCUT2D eigenvalue weighted by Gasteiger charge is -2.19. The molecule has 2 aliphatic rings. The Hall–Kier alpha value is -0.570. The fourth-order valence-electron chi connectivity index (χ4n) is 2.09. The van der Waals surface area contributed by atoms with Crippen LogP contribution in [0.15, 0.2) is 0 Å².